The molecule has 0 aliphatic rings. The average molecular weight is 227 g/mol. The van der Waals surface area contributed by atoms with Gasteiger partial charge in [0.05, 0.1) is 6.26 Å². The highest BCUT2D eigenvalue weighted by molar-refractivity contribution is 5.49. The zero-order chi connectivity index (χ0) is 11.5. The maximum Gasteiger partial charge on any atom is 0.138 e. The van der Waals surface area contributed by atoms with Crippen LogP contribution in [0.3, 0.4) is 0 Å². The molecule has 1 N–H and O–H groups in total. The van der Waals surface area contributed by atoms with Gasteiger partial charge in [0, 0.05) is 25.4 Å². The highest BCUT2D eigenvalue weighted by atomic mass is 16.3. The molecular formula is C13H13N3O. The molecule has 3 rings (SSSR count). The van der Waals surface area contributed by atoms with Gasteiger partial charge in [-0.25, -0.2) is 4.98 Å². The van der Waals surface area contributed by atoms with E-state index in [-0.39, 0.29) is 0 Å². The Morgan fingerprint density at radius 3 is 3.12 bits per heavy atom. The number of aromatic nitrogens is 2. The van der Waals surface area contributed by atoms with Gasteiger partial charge in [0.25, 0.3) is 0 Å². The van der Waals surface area contributed by atoms with E-state index in [9.17, 15) is 0 Å². The van der Waals surface area contributed by atoms with Crippen LogP contribution in [-0.4, -0.2) is 15.9 Å². The number of hydrogen-bond acceptors (Lipinski definition) is 3. The zero-order valence-corrected chi connectivity index (χ0v) is 9.34. The van der Waals surface area contributed by atoms with E-state index in [1.54, 1.807) is 12.5 Å². The van der Waals surface area contributed by atoms with Crippen LogP contribution in [-0.2, 0) is 6.42 Å². The van der Waals surface area contributed by atoms with Crippen LogP contribution in [0.5, 0.6) is 0 Å². The first-order valence-electron chi connectivity index (χ1n) is 5.62. The van der Waals surface area contributed by atoms with Crippen molar-refractivity contribution in [1.82, 2.24) is 9.38 Å². The number of fused-ring (bicyclic) bond motifs is 1. The van der Waals surface area contributed by atoms with E-state index in [2.05, 4.69) is 10.3 Å². The summed E-state index contributed by atoms with van der Waals surface area (Å²) in [6, 6.07) is 9.91. The minimum atomic E-state index is 0.838. The van der Waals surface area contributed by atoms with Gasteiger partial charge in [-0.05, 0) is 24.3 Å². The monoisotopic (exact) mass is 227 g/mol. The maximum absolute atomic E-state index is 5.28. The fourth-order valence-corrected chi connectivity index (χ4v) is 1.86. The third-order valence-corrected chi connectivity index (χ3v) is 2.69. The van der Waals surface area contributed by atoms with E-state index in [1.165, 1.54) is 0 Å². The van der Waals surface area contributed by atoms with Crippen molar-refractivity contribution in [3.8, 4) is 0 Å². The lowest BCUT2D eigenvalue weighted by atomic mass is 10.3. The number of nitrogens with one attached hydrogen (secondary N) is 1. The molecule has 4 nitrogen and oxygen atoms in total. The van der Waals surface area contributed by atoms with Crippen LogP contribution in [0.1, 0.15) is 5.76 Å². The summed E-state index contributed by atoms with van der Waals surface area (Å²) in [7, 11) is 0. The first-order chi connectivity index (χ1) is 8.43. The molecule has 3 heterocycles. The smallest absolute Gasteiger partial charge is 0.138 e. The Labute approximate surface area is 98.9 Å². The molecule has 0 radical (unpaired) electrons. The van der Waals surface area contributed by atoms with Crippen molar-refractivity contribution in [3.63, 3.8) is 0 Å². The second kappa shape index (κ2) is 4.33. The average Bonchev–Trinajstić information content (AvgIpc) is 2.99. The van der Waals surface area contributed by atoms with Gasteiger partial charge in [-0.15, -0.1) is 0 Å². The van der Waals surface area contributed by atoms with Crippen molar-refractivity contribution >= 4 is 11.5 Å². The van der Waals surface area contributed by atoms with Crippen molar-refractivity contribution in [1.29, 1.82) is 0 Å². The van der Waals surface area contributed by atoms with Gasteiger partial charge in [-0.1, -0.05) is 6.07 Å². The number of furan rings is 1. The molecule has 0 aliphatic heterocycles. The highest BCUT2D eigenvalue weighted by Gasteiger charge is 2.00. The molecule has 0 spiro atoms. The van der Waals surface area contributed by atoms with Crippen LogP contribution >= 0.6 is 0 Å². The third-order valence-electron chi connectivity index (χ3n) is 2.69. The molecule has 0 amide bonds. The SMILES string of the molecule is c1coc(CCNc2cccc3nccn23)c1. The summed E-state index contributed by atoms with van der Waals surface area (Å²) in [6.07, 6.45) is 6.32. The molecule has 0 unspecified atom stereocenters. The second-order valence-corrected chi connectivity index (χ2v) is 3.82. The summed E-state index contributed by atoms with van der Waals surface area (Å²) in [6.45, 7) is 0.838. The number of hydrogen-bond donors (Lipinski definition) is 1. The Morgan fingerprint density at radius 1 is 1.24 bits per heavy atom. The van der Waals surface area contributed by atoms with Gasteiger partial charge in [0.15, 0.2) is 0 Å². The van der Waals surface area contributed by atoms with Crippen LogP contribution in [0.4, 0.5) is 5.82 Å². The Morgan fingerprint density at radius 2 is 2.24 bits per heavy atom. The lowest BCUT2D eigenvalue weighted by Gasteiger charge is -2.07. The first-order valence-corrected chi connectivity index (χ1v) is 5.62. The number of nitrogens with zero attached hydrogens (tertiary/aromatic N) is 2. The second-order valence-electron chi connectivity index (χ2n) is 3.82. The summed E-state index contributed by atoms with van der Waals surface area (Å²) < 4.78 is 7.31. The van der Waals surface area contributed by atoms with Crippen LogP contribution in [0.15, 0.2) is 53.4 Å². The summed E-state index contributed by atoms with van der Waals surface area (Å²) in [5, 5.41) is 3.38. The Balaban J connectivity index is 1.70. The molecule has 0 fully saturated rings. The largest absolute Gasteiger partial charge is 0.469 e. The molecule has 17 heavy (non-hydrogen) atoms. The minimum absolute atomic E-state index is 0.838. The fraction of sp³-hybridized carbons (Fsp3) is 0.154. The van der Waals surface area contributed by atoms with E-state index < -0.39 is 0 Å². The number of anilines is 1. The summed E-state index contributed by atoms with van der Waals surface area (Å²) in [5.74, 6) is 2.04. The quantitative estimate of drug-likeness (QED) is 0.745. The highest BCUT2D eigenvalue weighted by Crippen LogP contribution is 2.11. The van der Waals surface area contributed by atoms with Crippen molar-refractivity contribution in [2.24, 2.45) is 0 Å². The standard InChI is InChI=1S/C13H13N3O/c1-4-12(16-9-8-15-13(16)5-1)14-7-6-11-3-2-10-17-11/h1-5,8-10,14H,6-7H2. The Bertz CT molecular complexity index is 598. The van der Waals surface area contributed by atoms with Gasteiger partial charge < -0.3 is 9.73 Å². The normalized spacial score (nSPS) is 10.8. The third kappa shape index (κ3) is 2.01. The molecule has 0 saturated heterocycles. The van der Waals surface area contributed by atoms with Crippen LogP contribution in [0.25, 0.3) is 5.65 Å². The number of pyridine rings is 1. The molecule has 3 aromatic heterocycles. The first kappa shape index (κ1) is 9.96. The Kier molecular flexibility index (Phi) is 2.54. The van der Waals surface area contributed by atoms with Gasteiger partial charge in [0.1, 0.15) is 17.2 Å². The summed E-state index contributed by atoms with van der Waals surface area (Å²) in [4.78, 5) is 4.24. The maximum atomic E-state index is 5.28. The van der Waals surface area contributed by atoms with Crippen molar-refractivity contribution in [3.05, 3.63) is 54.7 Å². The lowest BCUT2D eigenvalue weighted by Crippen LogP contribution is -2.07. The molecule has 86 valence electrons. The predicted octanol–water partition coefficient (Wildman–Crippen LogP) is 2.58. The molecule has 0 aliphatic carbocycles. The zero-order valence-electron chi connectivity index (χ0n) is 9.34. The summed E-state index contributed by atoms with van der Waals surface area (Å²) in [5.41, 5.74) is 0.952. The van der Waals surface area contributed by atoms with Crippen LogP contribution in [0, 0.1) is 0 Å². The molecule has 0 aromatic carbocycles. The predicted molar refractivity (Wildman–Crippen MR) is 66.1 cm³/mol. The van der Waals surface area contributed by atoms with Crippen LogP contribution < -0.4 is 5.32 Å². The summed E-state index contributed by atoms with van der Waals surface area (Å²) >= 11 is 0. The number of rotatable bonds is 4. The molecule has 0 bridgehead atoms. The fourth-order valence-electron chi connectivity index (χ4n) is 1.86. The van der Waals surface area contributed by atoms with E-state index in [0.29, 0.717) is 0 Å². The van der Waals surface area contributed by atoms with Crippen molar-refractivity contribution < 1.29 is 4.42 Å². The molecule has 0 saturated carbocycles. The Hall–Kier alpha value is -2.23. The van der Waals surface area contributed by atoms with Crippen LogP contribution in [0.2, 0.25) is 0 Å². The van der Waals surface area contributed by atoms with Crippen molar-refractivity contribution in [2.75, 3.05) is 11.9 Å². The molecule has 4 heteroatoms. The topological polar surface area (TPSA) is 42.5 Å². The van der Waals surface area contributed by atoms with Gasteiger partial charge >= 0.3 is 0 Å². The van der Waals surface area contributed by atoms with Gasteiger partial charge in [-0.3, -0.25) is 4.40 Å². The molecule has 0 atom stereocenters. The van der Waals surface area contributed by atoms with E-state index in [4.69, 9.17) is 4.42 Å². The van der Waals surface area contributed by atoms with E-state index in [1.807, 2.05) is 40.9 Å². The van der Waals surface area contributed by atoms with E-state index >= 15 is 0 Å². The van der Waals surface area contributed by atoms with Gasteiger partial charge in [0.2, 0.25) is 0 Å². The molecular weight excluding hydrogens is 214 g/mol. The van der Waals surface area contributed by atoms with Gasteiger partial charge in [-0.2, -0.15) is 0 Å². The van der Waals surface area contributed by atoms with E-state index in [0.717, 1.165) is 30.2 Å². The lowest BCUT2D eigenvalue weighted by molar-refractivity contribution is 0.513. The minimum Gasteiger partial charge on any atom is -0.469 e. The molecule has 3 aromatic rings. The van der Waals surface area contributed by atoms with Crippen molar-refractivity contribution in [2.45, 2.75) is 6.42 Å². The number of imidazole rings is 1.